The van der Waals surface area contributed by atoms with Crippen LogP contribution in [0.25, 0.3) is 5.65 Å². The van der Waals surface area contributed by atoms with E-state index in [-0.39, 0.29) is 17.7 Å². The Morgan fingerprint density at radius 1 is 1.65 bits per heavy atom. The summed E-state index contributed by atoms with van der Waals surface area (Å²) >= 11 is 0. The standard InChI is InChI=1S/C10H15N5O2/c1-6(17-2)3-4-7-5-12-15-8(7)13-9(11)14-10(15)16/h5-6H,3-4H2,1-2H3,(H3,11,13,14,16). The molecule has 1 unspecified atom stereocenters. The summed E-state index contributed by atoms with van der Waals surface area (Å²) in [6.45, 7) is 1.99. The van der Waals surface area contributed by atoms with Crippen LogP contribution in [0.5, 0.6) is 0 Å². The average Bonchev–Trinajstić information content (AvgIpc) is 2.69. The molecule has 1 atom stereocenters. The maximum absolute atomic E-state index is 11.5. The fourth-order valence-corrected chi connectivity index (χ4v) is 1.60. The van der Waals surface area contributed by atoms with Gasteiger partial charge in [0, 0.05) is 12.7 Å². The highest BCUT2D eigenvalue weighted by Crippen LogP contribution is 2.11. The van der Waals surface area contributed by atoms with Crippen LogP contribution in [-0.2, 0) is 11.2 Å². The molecule has 0 amide bonds. The molecule has 0 saturated carbocycles. The highest BCUT2D eigenvalue weighted by molar-refractivity contribution is 5.48. The lowest BCUT2D eigenvalue weighted by Gasteiger charge is -2.07. The molecule has 3 N–H and O–H groups in total. The number of nitrogens with one attached hydrogen (secondary N) is 1. The van der Waals surface area contributed by atoms with E-state index in [1.54, 1.807) is 13.3 Å². The van der Waals surface area contributed by atoms with E-state index in [2.05, 4.69) is 15.1 Å². The third-order valence-electron chi connectivity index (χ3n) is 2.69. The molecule has 2 rings (SSSR count). The van der Waals surface area contributed by atoms with E-state index in [1.165, 1.54) is 4.52 Å². The monoisotopic (exact) mass is 237 g/mol. The second-order valence-corrected chi connectivity index (χ2v) is 3.92. The lowest BCUT2D eigenvalue weighted by atomic mass is 10.1. The molecule has 7 nitrogen and oxygen atoms in total. The van der Waals surface area contributed by atoms with Crippen LogP contribution in [0.15, 0.2) is 11.0 Å². The fourth-order valence-electron chi connectivity index (χ4n) is 1.60. The number of nitrogens with two attached hydrogens (primary N) is 1. The zero-order valence-electron chi connectivity index (χ0n) is 9.80. The van der Waals surface area contributed by atoms with Gasteiger partial charge in [0.1, 0.15) is 0 Å². The van der Waals surface area contributed by atoms with Crippen molar-refractivity contribution < 1.29 is 4.74 Å². The van der Waals surface area contributed by atoms with Crippen LogP contribution in [0.1, 0.15) is 18.9 Å². The van der Waals surface area contributed by atoms with Gasteiger partial charge in [-0.1, -0.05) is 0 Å². The number of hydrogen-bond acceptors (Lipinski definition) is 5. The summed E-state index contributed by atoms with van der Waals surface area (Å²) < 4.78 is 6.38. The van der Waals surface area contributed by atoms with E-state index in [1.807, 2.05) is 6.92 Å². The highest BCUT2D eigenvalue weighted by Gasteiger charge is 2.10. The predicted octanol–water partition coefficient (Wildman–Crippen LogP) is -0.0327. The van der Waals surface area contributed by atoms with Crippen LogP contribution >= 0.6 is 0 Å². The molecule has 0 fully saturated rings. The van der Waals surface area contributed by atoms with Gasteiger partial charge in [-0.3, -0.25) is 4.98 Å². The van der Waals surface area contributed by atoms with Crippen molar-refractivity contribution in [3.05, 3.63) is 22.2 Å². The van der Waals surface area contributed by atoms with Gasteiger partial charge in [-0.15, -0.1) is 0 Å². The van der Waals surface area contributed by atoms with Gasteiger partial charge in [0.2, 0.25) is 5.95 Å². The number of rotatable bonds is 4. The molecule has 2 aromatic heterocycles. The summed E-state index contributed by atoms with van der Waals surface area (Å²) in [6, 6.07) is 0. The summed E-state index contributed by atoms with van der Waals surface area (Å²) in [4.78, 5) is 18.0. The molecule has 0 aliphatic carbocycles. The first-order chi connectivity index (χ1) is 8.11. The number of anilines is 1. The zero-order chi connectivity index (χ0) is 12.4. The molecule has 17 heavy (non-hydrogen) atoms. The minimum atomic E-state index is -0.376. The molecule has 0 aliphatic heterocycles. The summed E-state index contributed by atoms with van der Waals surface area (Å²) in [5.41, 5.74) is 6.53. The molecule has 92 valence electrons. The first kappa shape index (κ1) is 11.6. The van der Waals surface area contributed by atoms with Gasteiger partial charge in [-0.2, -0.15) is 14.6 Å². The molecule has 2 heterocycles. The van der Waals surface area contributed by atoms with Gasteiger partial charge in [-0.25, -0.2) is 4.79 Å². The third-order valence-corrected chi connectivity index (χ3v) is 2.69. The Morgan fingerprint density at radius 3 is 3.12 bits per heavy atom. The largest absolute Gasteiger partial charge is 0.382 e. The Bertz CT molecular complexity index is 574. The minimum absolute atomic E-state index is 0.101. The maximum Gasteiger partial charge on any atom is 0.350 e. The SMILES string of the molecule is COC(C)CCc1cnn2c(=O)[nH]c(N)nc12. The first-order valence-corrected chi connectivity index (χ1v) is 5.37. The molecule has 0 aromatic carbocycles. The smallest absolute Gasteiger partial charge is 0.350 e. The molecule has 0 bridgehead atoms. The van der Waals surface area contributed by atoms with E-state index in [9.17, 15) is 4.79 Å². The van der Waals surface area contributed by atoms with Crippen molar-refractivity contribution in [3.63, 3.8) is 0 Å². The summed E-state index contributed by atoms with van der Waals surface area (Å²) in [7, 11) is 1.67. The van der Waals surface area contributed by atoms with E-state index in [0.29, 0.717) is 5.65 Å². The van der Waals surface area contributed by atoms with Crippen LogP contribution in [0.2, 0.25) is 0 Å². The molecule has 0 aliphatic rings. The normalized spacial score (nSPS) is 13.1. The summed E-state index contributed by atoms with van der Waals surface area (Å²) in [5, 5.41) is 3.98. The minimum Gasteiger partial charge on any atom is -0.382 e. The van der Waals surface area contributed by atoms with E-state index in [0.717, 1.165) is 18.4 Å². The Hall–Kier alpha value is -1.89. The Morgan fingerprint density at radius 2 is 2.41 bits per heavy atom. The molecule has 0 saturated heterocycles. The van der Waals surface area contributed by atoms with Crippen molar-refractivity contribution in [1.29, 1.82) is 0 Å². The number of hydrogen-bond donors (Lipinski definition) is 2. The van der Waals surface area contributed by atoms with Crippen molar-refractivity contribution in [2.45, 2.75) is 25.9 Å². The second-order valence-electron chi connectivity index (χ2n) is 3.92. The molecular formula is C10H15N5O2. The molecule has 0 spiro atoms. The number of aromatic amines is 1. The number of nitrogen functional groups attached to an aromatic ring is 1. The number of aromatic nitrogens is 4. The van der Waals surface area contributed by atoms with Crippen LogP contribution in [0.3, 0.4) is 0 Å². The van der Waals surface area contributed by atoms with Gasteiger partial charge in [0.15, 0.2) is 5.65 Å². The van der Waals surface area contributed by atoms with Crippen LogP contribution in [0, 0.1) is 0 Å². The second kappa shape index (κ2) is 4.54. The van der Waals surface area contributed by atoms with Gasteiger partial charge < -0.3 is 10.5 Å². The van der Waals surface area contributed by atoms with Gasteiger partial charge in [0.25, 0.3) is 0 Å². The zero-order valence-corrected chi connectivity index (χ0v) is 9.80. The predicted molar refractivity (Wildman–Crippen MR) is 62.8 cm³/mol. The Balaban J connectivity index is 2.33. The van der Waals surface area contributed by atoms with E-state index in [4.69, 9.17) is 10.5 Å². The number of aryl methyl sites for hydroxylation is 1. The number of fused-ring (bicyclic) bond motifs is 1. The van der Waals surface area contributed by atoms with Crippen LogP contribution < -0.4 is 11.4 Å². The van der Waals surface area contributed by atoms with Gasteiger partial charge >= 0.3 is 5.69 Å². The van der Waals surface area contributed by atoms with Gasteiger partial charge in [-0.05, 0) is 19.8 Å². The highest BCUT2D eigenvalue weighted by atomic mass is 16.5. The van der Waals surface area contributed by atoms with E-state index >= 15 is 0 Å². The number of nitrogens with zero attached hydrogens (tertiary/aromatic N) is 3. The van der Waals surface area contributed by atoms with Crippen LogP contribution in [-0.4, -0.2) is 32.8 Å². The molecular weight excluding hydrogens is 222 g/mol. The molecule has 0 radical (unpaired) electrons. The number of H-pyrrole nitrogens is 1. The maximum atomic E-state index is 11.5. The van der Waals surface area contributed by atoms with Crippen molar-refractivity contribution in [2.75, 3.05) is 12.8 Å². The van der Waals surface area contributed by atoms with Crippen molar-refractivity contribution in [2.24, 2.45) is 0 Å². The summed E-state index contributed by atoms with van der Waals surface area (Å²) in [5.74, 6) is 0.101. The van der Waals surface area contributed by atoms with Crippen LogP contribution in [0.4, 0.5) is 5.95 Å². The lowest BCUT2D eigenvalue weighted by molar-refractivity contribution is 0.111. The Labute approximate surface area is 97.6 Å². The lowest BCUT2D eigenvalue weighted by Crippen LogP contribution is -2.20. The van der Waals surface area contributed by atoms with Crippen molar-refractivity contribution in [1.82, 2.24) is 19.6 Å². The van der Waals surface area contributed by atoms with Gasteiger partial charge in [0.05, 0.1) is 12.3 Å². The fraction of sp³-hybridized carbons (Fsp3) is 0.500. The average molecular weight is 237 g/mol. The van der Waals surface area contributed by atoms with E-state index < -0.39 is 0 Å². The third kappa shape index (κ3) is 2.28. The summed E-state index contributed by atoms with van der Waals surface area (Å²) in [6.07, 6.45) is 3.38. The number of ether oxygens (including phenoxy) is 1. The number of methoxy groups -OCH3 is 1. The van der Waals surface area contributed by atoms with Crippen molar-refractivity contribution in [3.8, 4) is 0 Å². The molecule has 7 heteroatoms. The van der Waals surface area contributed by atoms with Crippen molar-refractivity contribution >= 4 is 11.6 Å². The topological polar surface area (TPSA) is 98.3 Å². The quantitative estimate of drug-likeness (QED) is 0.778. The first-order valence-electron chi connectivity index (χ1n) is 5.37. The molecule has 2 aromatic rings. The Kier molecular flexibility index (Phi) is 3.10.